The average Bonchev–Trinajstić information content (AvgIpc) is 3.13. The van der Waals surface area contributed by atoms with E-state index in [0.717, 1.165) is 24.3 Å². The molecule has 2 heteroatoms. The maximum Gasteiger partial charge on any atom is 0.117 e. The van der Waals surface area contributed by atoms with Crippen molar-refractivity contribution in [1.82, 2.24) is 9.55 Å². The number of hydrogen-bond acceptors (Lipinski definition) is 1. The van der Waals surface area contributed by atoms with Crippen molar-refractivity contribution in [3.63, 3.8) is 0 Å². The molecule has 0 radical (unpaired) electrons. The summed E-state index contributed by atoms with van der Waals surface area (Å²) in [7, 11) is 0. The molecule has 0 saturated carbocycles. The molecule has 0 spiro atoms. The van der Waals surface area contributed by atoms with Gasteiger partial charge in [-0.05, 0) is 91.1 Å². The zero-order chi connectivity index (χ0) is 23.0. The third-order valence-corrected chi connectivity index (χ3v) is 7.03. The second-order valence-electron chi connectivity index (χ2n) is 9.85. The van der Waals surface area contributed by atoms with E-state index in [9.17, 15) is 0 Å². The van der Waals surface area contributed by atoms with Crippen LogP contribution in [0.15, 0.2) is 54.6 Å². The second-order valence-corrected chi connectivity index (χ2v) is 9.85. The summed E-state index contributed by atoms with van der Waals surface area (Å²) < 4.78 is 2.44. The predicted molar refractivity (Wildman–Crippen MR) is 137 cm³/mol. The number of aryl methyl sites for hydroxylation is 2. The Morgan fingerprint density at radius 3 is 2.06 bits per heavy atom. The summed E-state index contributed by atoms with van der Waals surface area (Å²) >= 11 is 0. The quantitative estimate of drug-likeness (QED) is 0.310. The molecule has 0 aliphatic heterocycles. The van der Waals surface area contributed by atoms with Crippen molar-refractivity contribution in [3.8, 4) is 0 Å². The van der Waals surface area contributed by atoms with Crippen LogP contribution in [0, 0.1) is 33.6 Å². The van der Waals surface area contributed by atoms with E-state index in [1.54, 1.807) is 0 Å². The van der Waals surface area contributed by atoms with E-state index >= 15 is 0 Å². The number of nitrogens with zero attached hydrogens (tertiary/aromatic N) is 2. The first-order valence-electron chi connectivity index (χ1n) is 11.9. The number of aromatic nitrogens is 2. The highest BCUT2D eigenvalue weighted by Gasteiger charge is 2.20. The van der Waals surface area contributed by atoms with Gasteiger partial charge in [0, 0.05) is 12.5 Å². The minimum absolute atomic E-state index is 0.224. The Morgan fingerprint density at radius 1 is 0.812 bits per heavy atom. The molecule has 1 atom stereocenters. The van der Waals surface area contributed by atoms with E-state index in [4.69, 9.17) is 4.98 Å². The molecule has 0 bridgehead atoms. The lowest BCUT2D eigenvalue weighted by Crippen LogP contribution is -2.12. The third kappa shape index (κ3) is 4.24. The van der Waals surface area contributed by atoms with Gasteiger partial charge >= 0.3 is 0 Å². The van der Waals surface area contributed by atoms with Crippen molar-refractivity contribution in [3.05, 3.63) is 99.4 Å². The van der Waals surface area contributed by atoms with Crippen molar-refractivity contribution in [1.29, 1.82) is 0 Å². The number of benzene rings is 3. The highest BCUT2D eigenvalue weighted by molar-refractivity contribution is 5.76. The molecule has 4 rings (SSSR count). The Hall–Kier alpha value is -2.87. The zero-order valence-corrected chi connectivity index (χ0v) is 20.7. The molecule has 166 valence electrons. The maximum absolute atomic E-state index is 5.12. The summed E-state index contributed by atoms with van der Waals surface area (Å²) in [5, 5.41) is 0. The molecule has 0 unspecified atom stereocenters. The molecule has 0 saturated heterocycles. The fourth-order valence-electron chi connectivity index (χ4n) is 4.85. The van der Waals surface area contributed by atoms with E-state index < -0.39 is 0 Å². The van der Waals surface area contributed by atoms with E-state index in [0.29, 0.717) is 5.92 Å². The first-order valence-corrected chi connectivity index (χ1v) is 11.9. The summed E-state index contributed by atoms with van der Waals surface area (Å²) in [6, 6.07) is 20.0. The minimum atomic E-state index is 0.224. The van der Waals surface area contributed by atoms with E-state index in [-0.39, 0.29) is 5.92 Å². The smallest absolute Gasteiger partial charge is 0.117 e. The van der Waals surface area contributed by atoms with E-state index in [1.165, 1.54) is 44.5 Å². The highest BCUT2D eigenvalue weighted by atomic mass is 15.1. The van der Waals surface area contributed by atoms with Gasteiger partial charge in [0.05, 0.1) is 11.0 Å². The van der Waals surface area contributed by atoms with Crippen LogP contribution < -0.4 is 0 Å². The lowest BCUT2D eigenvalue weighted by atomic mass is 9.93. The molecule has 3 aromatic carbocycles. The van der Waals surface area contributed by atoms with Gasteiger partial charge in [-0.2, -0.15) is 0 Å². The van der Waals surface area contributed by atoms with Crippen LogP contribution in [0.1, 0.15) is 71.5 Å². The van der Waals surface area contributed by atoms with Gasteiger partial charge < -0.3 is 4.57 Å². The molecule has 4 aromatic rings. The monoisotopic (exact) mass is 424 g/mol. The van der Waals surface area contributed by atoms with Gasteiger partial charge in [0.1, 0.15) is 5.82 Å². The number of fused-ring (bicyclic) bond motifs is 1. The SMILES string of the molecule is Cc1cc(C)c(C)c(Cn2c([C@@H](C)c3ccc(CC(C)C)cc3)nc3ccccc32)c1C. The number of imidazole rings is 1. The molecule has 0 fully saturated rings. The molecular weight excluding hydrogens is 388 g/mol. The first-order chi connectivity index (χ1) is 15.3. The molecule has 0 aliphatic rings. The minimum Gasteiger partial charge on any atom is -0.323 e. The lowest BCUT2D eigenvalue weighted by Gasteiger charge is -2.20. The molecule has 0 aliphatic carbocycles. The van der Waals surface area contributed by atoms with Gasteiger partial charge in [-0.3, -0.25) is 0 Å². The highest BCUT2D eigenvalue weighted by Crippen LogP contribution is 2.30. The Labute approximate surface area is 193 Å². The topological polar surface area (TPSA) is 17.8 Å². The molecule has 1 aromatic heterocycles. The van der Waals surface area contributed by atoms with Crippen LogP contribution in [0.3, 0.4) is 0 Å². The van der Waals surface area contributed by atoms with E-state index in [2.05, 4.69) is 108 Å². The maximum atomic E-state index is 5.12. The molecular formula is C30H36N2. The van der Waals surface area contributed by atoms with Crippen LogP contribution in [0.2, 0.25) is 0 Å². The summed E-state index contributed by atoms with van der Waals surface area (Å²) in [5.41, 5.74) is 11.9. The summed E-state index contributed by atoms with van der Waals surface area (Å²) in [6.45, 7) is 16.6. The second kappa shape index (κ2) is 8.94. The van der Waals surface area contributed by atoms with Crippen LogP contribution in [-0.4, -0.2) is 9.55 Å². The largest absolute Gasteiger partial charge is 0.323 e. The Morgan fingerprint density at radius 2 is 1.44 bits per heavy atom. The normalized spacial score (nSPS) is 12.6. The van der Waals surface area contributed by atoms with Crippen molar-refractivity contribution in [2.24, 2.45) is 5.92 Å². The van der Waals surface area contributed by atoms with Crippen LogP contribution in [0.4, 0.5) is 0 Å². The van der Waals surface area contributed by atoms with Crippen molar-refractivity contribution < 1.29 is 0 Å². The van der Waals surface area contributed by atoms with Gasteiger partial charge in [0.25, 0.3) is 0 Å². The van der Waals surface area contributed by atoms with Crippen LogP contribution >= 0.6 is 0 Å². The summed E-state index contributed by atoms with van der Waals surface area (Å²) in [6.07, 6.45) is 1.12. The van der Waals surface area contributed by atoms with Gasteiger partial charge in [-0.15, -0.1) is 0 Å². The molecule has 0 N–H and O–H groups in total. The van der Waals surface area contributed by atoms with Crippen molar-refractivity contribution in [2.75, 3.05) is 0 Å². The van der Waals surface area contributed by atoms with Gasteiger partial charge in [-0.25, -0.2) is 4.98 Å². The number of rotatable bonds is 6. The van der Waals surface area contributed by atoms with Crippen LogP contribution in [0.25, 0.3) is 11.0 Å². The number of hydrogen-bond donors (Lipinski definition) is 0. The summed E-state index contributed by atoms with van der Waals surface area (Å²) in [5.74, 6) is 2.04. The molecule has 32 heavy (non-hydrogen) atoms. The Bertz CT molecular complexity index is 1220. The number of para-hydroxylation sites is 2. The van der Waals surface area contributed by atoms with Gasteiger partial charge in [0.2, 0.25) is 0 Å². The fraction of sp³-hybridized carbons (Fsp3) is 0.367. The Balaban J connectivity index is 1.79. The Kier molecular flexibility index (Phi) is 6.24. The molecule has 0 amide bonds. The fourth-order valence-corrected chi connectivity index (χ4v) is 4.85. The predicted octanol–water partition coefficient (Wildman–Crippen LogP) is 7.67. The summed E-state index contributed by atoms with van der Waals surface area (Å²) in [4.78, 5) is 5.12. The third-order valence-electron chi connectivity index (χ3n) is 7.03. The van der Waals surface area contributed by atoms with Crippen LogP contribution in [-0.2, 0) is 13.0 Å². The molecule has 2 nitrogen and oxygen atoms in total. The van der Waals surface area contributed by atoms with E-state index in [1.807, 2.05) is 0 Å². The van der Waals surface area contributed by atoms with Crippen molar-refractivity contribution in [2.45, 2.75) is 67.3 Å². The first kappa shape index (κ1) is 22.3. The lowest BCUT2D eigenvalue weighted by molar-refractivity contribution is 0.646. The van der Waals surface area contributed by atoms with Gasteiger partial charge in [0.15, 0.2) is 0 Å². The average molecular weight is 425 g/mol. The van der Waals surface area contributed by atoms with Crippen molar-refractivity contribution >= 4 is 11.0 Å². The zero-order valence-electron chi connectivity index (χ0n) is 20.7. The van der Waals surface area contributed by atoms with Crippen LogP contribution in [0.5, 0.6) is 0 Å². The standard InChI is InChI=1S/C30H36N2/c1-19(2)16-25-12-14-26(15-13-25)24(7)30-31-28-10-8-9-11-29(28)32(30)18-27-22(5)20(3)17-21(4)23(27)6/h8-15,17,19,24H,16,18H2,1-7H3/t24-/m0/s1. The van der Waals surface area contributed by atoms with Gasteiger partial charge in [-0.1, -0.05) is 63.2 Å². The molecule has 1 heterocycles.